The molecule has 0 radical (unpaired) electrons. The van der Waals surface area contributed by atoms with Crippen molar-refractivity contribution in [3.8, 4) is 23.1 Å². The highest BCUT2D eigenvalue weighted by atomic mass is 32.1. The number of phenolic OH excluding ortho intramolecular Hbond substituents is 1. The van der Waals surface area contributed by atoms with Gasteiger partial charge in [-0.2, -0.15) is 0 Å². The minimum absolute atomic E-state index is 0.0572. The molecule has 0 aliphatic carbocycles. The van der Waals surface area contributed by atoms with E-state index < -0.39 is 0 Å². The number of hydrogen-bond acceptors (Lipinski definition) is 6. The summed E-state index contributed by atoms with van der Waals surface area (Å²) in [5, 5.41) is 19.9. The Kier molecular flexibility index (Phi) is 5.71. The van der Waals surface area contributed by atoms with Crippen LogP contribution in [0.2, 0.25) is 0 Å². The Morgan fingerprint density at radius 1 is 1.23 bits per heavy atom. The zero-order chi connectivity index (χ0) is 22.2. The largest absolute Gasteiger partial charge is 0.507 e. The van der Waals surface area contributed by atoms with E-state index in [4.69, 9.17) is 9.47 Å². The highest BCUT2D eigenvalue weighted by Gasteiger charge is 2.33. The number of aromatic amines is 1. The number of hydrogen-bond donors (Lipinski definition) is 3. The second-order valence-electron chi connectivity index (χ2n) is 8.40. The van der Waals surface area contributed by atoms with Crippen LogP contribution in [-0.4, -0.2) is 27.4 Å². The molecule has 0 amide bonds. The van der Waals surface area contributed by atoms with Crippen molar-refractivity contribution in [2.24, 2.45) is 0 Å². The Balaban J connectivity index is 1.34. The SMILES string of the molecule is Cc1cc2c(c(C)c1O)CCC(C)(CCOc1ccc(Cc3sc(=O)[nH]c3O)cc1)O2. The molecule has 164 valence electrons. The summed E-state index contributed by atoms with van der Waals surface area (Å²) in [7, 11) is 0. The molecule has 1 aliphatic heterocycles. The van der Waals surface area contributed by atoms with Gasteiger partial charge in [-0.15, -0.1) is 0 Å². The molecule has 0 saturated heterocycles. The average Bonchev–Trinajstić information content (AvgIpc) is 3.04. The van der Waals surface area contributed by atoms with Crippen LogP contribution < -0.4 is 14.3 Å². The van der Waals surface area contributed by atoms with Crippen LogP contribution in [0.15, 0.2) is 35.1 Å². The van der Waals surface area contributed by atoms with E-state index in [1.54, 1.807) is 0 Å². The van der Waals surface area contributed by atoms with Crippen molar-refractivity contribution in [2.75, 3.05) is 6.61 Å². The number of ether oxygens (including phenoxy) is 2. The quantitative estimate of drug-likeness (QED) is 0.520. The molecular formula is C24H27NO5S. The fourth-order valence-corrected chi connectivity index (χ4v) is 4.76. The van der Waals surface area contributed by atoms with E-state index in [-0.39, 0.29) is 16.4 Å². The molecule has 7 heteroatoms. The van der Waals surface area contributed by atoms with Gasteiger partial charge in [0.2, 0.25) is 5.88 Å². The molecule has 6 nitrogen and oxygen atoms in total. The smallest absolute Gasteiger partial charge is 0.307 e. The number of aryl methyl sites for hydroxylation is 1. The molecule has 4 rings (SSSR count). The standard InChI is InChI=1S/C24H27NO5S/c1-14-12-19-18(15(2)21(14)26)8-9-24(3,30-19)10-11-29-17-6-4-16(5-7-17)13-20-22(27)25-23(28)31-20/h4-7,12,26-27H,8-11,13H2,1-3H3,(H,25,28). The molecule has 3 aromatic rings. The number of H-pyrrole nitrogens is 1. The maximum absolute atomic E-state index is 11.3. The highest BCUT2D eigenvalue weighted by Crippen LogP contribution is 2.41. The lowest BCUT2D eigenvalue weighted by Gasteiger charge is -2.36. The minimum Gasteiger partial charge on any atom is -0.507 e. The highest BCUT2D eigenvalue weighted by molar-refractivity contribution is 7.09. The third kappa shape index (κ3) is 4.56. The maximum Gasteiger partial charge on any atom is 0.307 e. The summed E-state index contributed by atoms with van der Waals surface area (Å²) >= 11 is 1.02. The molecule has 0 bridgehead atoms. The van der Waals surface area contributed by atoms with Crippen LogP contribution in [0.5, 0.6) is 23.1 Å². The van der Waals surface area contributed by atoms with E-state index in [1.165, 1.54) is 0 Å². The topological polar surface area (TPSA) is 91.8 Å². The van der Waals surface area contributed by atoms with Crippen molar-refractivity contribution in [3.05, 3.63) is 67.1 Å². The first-order chi connectivity index (χ1) is 14.7. The Hall–Kier alpha value is -2.93. The molecule has 2 heterocycles. The number of thiazole rings is 1. The number of fused-ring (bicyclic) bond motifs is 1. The molecule has 0 spiro atoms. The summed E-state index contributed by atoms with van der Waals surface area (Å²) < 4.78 is 12.3. The van der Waals surface area contributed by atoms with Crippen LogP contribution >= 0.6 is 11.3 Å². The van der Waals surface area contributed by atoms with Crippen LogP contribution in [0.3, 0.4) is 0 Å². The molecule has 1 aromatic heterocycles. The van der Waals surface area contributed by atoms with Gasteiger partial charge in [-0.1, -0.05) is 23.5 Å². The van der Waals surface area contributed by atoms with Gasteiger partial charge in [0, 0.05) is 18.4 Å². The van der Waals surface area contributed by atoms with Crippen LogP contribution in [0.4, 0.5) is 0 Å². The third-order valence-corrected chi connectivity index (χ3v) is 6.85. The lowest BCUT2D eigenvalue weighted by molar-refractivity contribution is 0.0419. The van der Waals surface area contributed by atoms with Crippen LogP contribution in [0.1, 0.15) is 46.9 Å². The van der Waals surface area contributed by atoms with Crippen molar-refractivity contribution in [2.45, 2.75) is 52.1 Å². The van der Waals surface area contributed by atoms with Gasteiger partial charge >= 0.3 is 4.87 Å². The van der Waals surface area contributed by atoms with Gasteiger partial charge in [-0.3, -0.25) is 9.78 Å². The molecular weight excluding hydrogens is 414 g/mol. The van der Waals surface area contributed by atoms with E-state index >= 15 is 0 Å². The van der Waals surface area contributed by atoms with Crippen LogP contribution in [0.25, 0.3) is 0 Å². The number of phenols is 1. The molecule has 0 fully saturated rings. The number of nitrogens with one attached hydrogen (secondary N) is 1. The first kappa shape index (κ1) is 21.3. The second kappa shape index (κ2) is 8.30. The normalized spacial score (nSPS) is 17.8. The van der Waals surface area contributed by atoms with Gasteiger partial charge in [0.15, 0.2) is 0 Å². The van der Waals surface area contributed by atoms with Crippen LogP contribution in [0, 0.1) is 13.8 Å². The predicted molar refractivity (Wildman–Crippen MR) is 121 cm³/mol. The number of benzene rings is 2. The lowest BCUT2D eigenvalue weighted by atomic mass is 9.87. The summed E-state index contributed by atoms with van der Waals surface area (Å²) in [5.74, 6) is 1.93. The Bertz CT molecular complexity index is 1150. The number of rotatable bonds is 6. The first-order valence-electron chi connectivity index (χ1n) is 10.4. The zero-order valence-corrected chi connectivity index (χ0v) is 18.8. The van der Waals surface area contributed by atoms with Crippen LogP contribution in [-0.2, 0) is 12.8 Å². The Labute approximate surface area is 185 Å². The number of aromatic hydroxyl groups is 2. The molecule has 1 atom stereocenters. The Morgan fingerprint density at radius 2 is 1.97 bits per heavy atom. The predicted octanol–water partition coefficient (Wildman–Crippen LogP) is 4.61. The molecule has 31 heavy (non-hydrogen) atoms. The van der Waals surface area contributed by atoms with Crippen molar-refractivity contribution in [1.82, 2.24) is 4.98 Å². The molecule has 3 N–H and O–H groups in total. The van der Waals surface area contributed by atoms with E-state index in [0.29, 0.717) is 23.7 Å². The maximum atomic E-state index is 11.3. The third-order valence-electron chi connectivity index (χ3n) is 5.97. The fourth-order valence-electron chi connectivity index (χ4n) is 4.00. The zero-order valence-electron chi connectivity index (χ0n) is 17.9. The first-order valence-corrected chi connectivity index (χ1v) is 11.2. The molecule has 0 saturated carbocycles. The van der Waals surface area contributed by atoms with Gasteiger partial charge < -0.3 is 19.7 Å². The van der Waals surface area contributed by atoms with E-state index in [0.717, 1.165) is 64.4 Å². The van der Waals surface area contributed by atoms with Gasteiger partial charge in [-0.25, -0.2) is 0 Å². The summed E-state index contributed by atoms with van der Waals surface area (Å²) in [6, 6.07) is 9.60. The summed E-state index contributed by atoms with van der Waals surface area (Å²) in [6.45, 7) is 6.47. The summed E-state index contributed by atoms with van der Waals surface area (Å²) in [4.78, 5) is 14.1. The van der Waals surface area contributed by atoms with Gasteiger partial charge in [-0.05, 0) is 68.5 Å². The summed E-state index contributed by atoms with van der Waals surface area (Å²) in [5.41, 5.74) is 3.51. The average molecular weight is 442 g/mol. The second-order valence-corrected chi connectivity index (χ2v) is 9.47. The van der Waals surface area contributed by atoms with Crippen molar-refractivity contribution in [3.63, 3.8) is 0 Å². The Morgan fingerprint density at radius 3 is 2.65 bits per heavy atom. The summed E-state index contributed by atoms with van der Waals surface area (Å²) in [6.07, 6.45) is 2.99. The number of aromatic nitrogens is 1. The van der Waals surface area contributed by atoms with Gasteiger partial charge in [0.1, 0.15) is 22.8 Å². The monoisotopic (exact) mass is 441 g/mol. The molecule has 1 unspecified atom stereocenters. The van der Waals surface area contributed by atoms with Crippen molar-refractivity contribution < 1.29 is 19.7 Å². The fraction of sp³-hybridized carbons (Fsp3) is 0.375. The van der Waals surface area contributed by atoms with Gasteiger partial charge in [0.25, 0.3) is 0 Å². The molecule has 1 aliphatic rings. The molecule has 2 aromatic carbocycles. The van der Waals surface area contributed by atoms with E-state index in [9.17, 15) is 15.0 Å². The van der Waals surface area contributed by atoms with E-state index in [2.05, 4.69) is 11.9 Å². The van der Waals surface area contributed by atoms with E-state index in [1.807, 2.05) is 44.2 Å². The van der Waals surface area contributed by atoms with Crippen molar-refractivity contribution >= 4 is 11.3 Å². The minimum atomic E-state index is -0.313. The van der Waals surface area contributed by atoms with Gasteiger partial charge in [0.05, 0.1) is 11.5 Å². The van der Waals surface area contributed by atoms with Crippen molar-refractivity contribution in [1.29, 1.82) is 0 Å². The lowest BCUT2D eigenvalue weighted by Crippen LogP contribution is -2.38.